The predicted octanol–water partition coefficient (Wildman–Crippen LogP) is 1.57. The van der Waals surface area contributed by atoms with Crippen LogP contribution in [0.3, 0.4) is 0 Å². The third-order valence-electron chi connectivity index (χ3n) is 2.97. The summed E-state index contributed by atoms with van der Waals surface area (Å²) in [6.07, 6.45) is 0. The fourth-order valence-electron chi connectivity index (χ4n) is 1.84. The molecule has 16 heavy (non-hydrogen) atoms. The second kappa shape index (κ2) is 3.20. The zero-order chi connectivity index (χ0) is 12.0. The Balaban J connectivity index is 2.86. The molecule has 1 aliphatic carbocycles. The van der Waals surface area contributed by atoms with Gasteiger partial charge in [0, 0.05) is 22.5 Å². The van der Waals surface area contributed by atoms with E-state index >= 15 is 0 Å². The van der Waals surface area contributed by atoms with Crippen molar-refractivity contribution in [1.82, 2.24) is 0 Å². The molecule has 1 aliphatic rings. The lowest BCUT2D eigenvalue weighted by Crippen LogP contribution is -2.22. The lowest BCUT2D eigenvalue weighted by molar-refractivity contribution is 0.0976. The fraction of sp³-hybridized carbons (Fsp3) is 0.167. The van der Waals surface area contributed by atoms with Gasteiger partial charge in [0.15, 0.2) is 11.6 Å². The van der Waals surface area contributed by atoms with Crippen molar-refractivity contribution in [3.63, 3.8) is 0 Å². The standard InChI is InChI=1S/C12H12N2O2/c1-5-6(2)12(16)10-8(14)4-3-7(13)9(10)11(5)15/h3-4H,13-14H2,1-2H3. The van der Waals surface area contributed by atoms with E-state index in [1.165, 1.54) is 0 Å². The van der Waals surface area contributed by atoms with Gasteiger partial charge < -0.3 is 11.5 Å². The average Bonchev–Trinajstić information content (AvgIpc) is 2.26. The Kier molecular flexibility index (Phi) is 2.08. The first kappa shape index (κ1) is 10.4. The summed E-state index contributed by atoms with van der Waals surface area (Å²) < 4.78 is 0. The molecule has 2 rings (SSSR count). The van der Waals surface area contributed by atoms with E-state index < -0.39 is 0 Å². The Morgan fingerprint density at radius 2 is 1.12 bits per heavy atom. The first-order valence-corrected chi connectivity index (χ1v) is 4.90. The number of nitrogen functional groups attached to an aromatic ring is 2. The lowest BCUT2D eigenvalue weighted by atomic mass is 9.83. The number of benzene rings is 1. The van der Waals surface area contributed by atoms with Gasteiger partial charge in [-0.1, -0.05) is 0 Å². The van der Waals surface area contributed by atoms with Gasteiger partial charge in [-0.25, -0.2) is 0 Å². The number of nitrogens with two attached hydrogens (primary N) is 2. The van der Waals surface area contributed by atoms with E-state index in [0.29, 0.717) is 22.5 Å². The van der Waals surface area contributed by atoms with E-state index in [-0.39, 0.29) is 22.7 Å². The number of rotatable bonds is 0. The van der Waals surface area contributed by atoms with Crippen LogP contribution in [0.5, 0.6) is 0 Å². The number of carbonyl (C=O) groups is 2. The van der Waals surface area contributed by atoms with Crippen LogP contribution in [0.1, 0.15) is 34.6 Å². The maximum absolute atomic E-state index is 12.0. The van der Waals surface area contributed by atoms with Gasteiger partial charge in [-0.15, -0.1) is 0 Å². The number of ketones is 2. The van der Waals surface area contributed by atoms with Crippen molar-refractivity contribution in [2.75, 3.05) is 11.5 Å². The van der Waals surface area contributed by atoms with Crippen molar-refractivity contribution in [1.29, 1.82) is 0 Å². The third kappa shape index (κ3) is 1.16. The minimum Gasteiger partial charge on any atom is -0.398 e. The zero-order valence-electron chi connectivity index (χ0n) is 9.13. The molecule has 0 unspecified atom stereocenters. The molecule has 0 amide bonds. The summed E-state index contributed by atoms with van der Waals surface area (Å²) in [7, 11) is 0. The smallest absolute Gasteiger partial charge is 0.192 e. The lowest BCUT2D eigenvalue weighted by Gasteiger charge is -2.19. The van der Waals surface area contributed by atoms with Crippen molar-refractivity contribution < 1.29 is 9.59 Å². The summed E-state index contributed by atoms with van der Waals surface area (Å²) in [5.41, 5.74) is 13.4. The highest BCUT2D eigenvalue weighted by Gasteiger charge is 2.30. The van der Waals surface area contributed by atoms with Crippen molar-refractivity contribution in [2.45, 2.75) is 13.8 Å². The molecule has 4 nitrogen and oxygen atoms in total. The molecule has 0 fully saturated rings. The van der Waals surface area contributed by atoms with Crippen LogP contribution in [0, 0.1) is 0 Å². The van der Waals surface area contributed by atoms with E-state index in [4.69, 9.17) is 11.5 Å². The molecular weight excluding hydrogens is 204 g/mol. The van der Waals surface area contributed by atoms with Crippen LogP contribution < -0.4 is 11.5 Å². The molecule has 0 radical (unpaired) electrons. The van der Waals surface area contributed by atoms with Crippen LogP contribution in [0.4, 0.5) is 11.4 Å². The molecule has 82 valence electrons. The van der Waals surface area contributed by atoms with Gasteiger partial charge in [0.05, 0.1) is 11.1 Å². The molecule has 0 saturated carbocycles. The largest absolute Gasteiger partial charge is 0.398 e. The number of allylic oxidation sites excluding steroid dienone is 2. The van der Waals surface area contributed by atoms with Gasteiger partial charge in [-0.3, -0.25) is 9.59 Å². The Bertz CT molecular complexity index is 507. The van der Waals surface area contributed by atoms with E-state index in [9.17, 15) is 9.59 Å². The highest BCUT2D eigenvalue weighted by atomic mass is 16.1. The molecule has 0 spiro atoms. The molecule has 0 bridgehead atoms. The summed E-state index contributed by atoms with van der Waals surface area (Å²) in [6, 6.07) is 3.10. The van der Waals surface area contributed by atoms with Crippen LogP contribution in [0.25, 0.3) is 0 Å². The van der Waals surface area contributed by atoms with Crippen molar-refractivity contribution in [2.24, 2.45) is 0 Å². The zero-order valence-corrected chi connectivity index (χ0v) is 9.13. The van der Waals surface area contributed by atoms with Crippen LogP contribution >= 0.6 is 0 Å². The number of hydrogen-bond donors (Lipinski definition) is 2. The van der Waals surface area contributed by atoms with Gasteiger partial charge in [0.25, 0.3) is 0 Å². The van der Waals surface area contributed by atoms with Gasteiger partial charge in [-0.2, -0.15) is 0 Å². The normalized spacial score (nSPS) is 15.4. The van der Waals surface area contributed by atoms with E-state index in [2.05, 4.69) is 0 Å². The van der Waals surface area contributed by atoms with Gasteiger partial charge in [0.2, 0.25) is 0 Å². The molecule has 0 aliphatic heterocycles. The summed E-state index contributed by atoms with van der Waals surface area (Å²) in [5.74, 6) is -0.422. The summed E-state index contributed by atoms with van der Waals surface area (Å²) in [5, 5.41) is 0. The van der Waals surface area contributed by atoms with Gasteiger partial charge in [-0.05, 0) is 26.0 Å². The molecule has 0 aromatic heterocycles. The average molecular weight is 216 g/mol. The first-order chi connectivity index (χ1) is 7.45. The first-order valence-electron chi connectivity index (χ1n) is 4.90. The number of carbonyl (C=O) groups excluding carboxylic acids is 2. The molecule has 4 heteroatoms. The number of anilines is 2. The number of fused-ring (bicyclic) bond motifs is 1. The monoisotopic (exact) mass is 216 g/mol. The Morgan fingerprint density at radius 1 is 0.812 bits per heavy atom. The van der Waals surface area contributed by atoms with E-state index in [1.54, 1.807) is 26.0 Å². The van der Waals surface area contributed by atoms with E-state index in [1.807, 2.05) is 0 Å². The summed E-state index contributed by atoms with van der Waals surface area (Å²) >= 11 is 0. The van der Waals surface area contributed by atoms with Crippen LogP contribution in [-0.4, -0.2) is 11.6 Å². The SMILES string of the molecule is CC1=C(C)C(=O)c2c(N)ccc(N)c2C1=O. The second-order valence-electron chi connectivity index (χ2n) is 3.90. The molecule has 0 saturated heterocycles. The maximum atomic E-state index is 12.0. The third-order valence-corrected chi connectivity index (χ3v) is 2.97. The number of hydrogen-bond acceptors (Lipinski definition) is 4. The Morgan fingerprint density at radius 3 is 1.44 bits per heavy atom. The van der Waals surface area contributed by atoms with Crippen LogP contribution in [-0.2, 0) is 0 Å². The highest BCUT2D eigenvalue weighted by Crippen LogP contribution is 2.33. The topological polar surface area (TPSA) is 86.2 Å². The molecule has 0 atom stereocenters. The summed E-state index contributed by atoms with van der Waals surface area (Å²) in [4.78, 5) is 24.0. The molecule has 1 aromatic carbocycles. The van der Waals surface area contributed by atoms with E-state index in [0.717, 1.165) is 0 Å². The number of Topliss-reactive ketones (excluding diaryl/α,β-unsaturated/α-hetero) is 2. The molecular formula is C12H12N2O2. The quantitative estimate of drug-likeness (QED) is 0.644. The van der Waals surface area contributed by atoms with Crippen LogP contribution in [0.2, 0.25) is 0 Å². The van der Waals surface area contributed by atoms with Gasteiger partial charge >= 0.3 is 0 Å². The molecule has 1 aromatic rings. The second-order valence-corrected chi connectivity index (χ2v) is 3.90. The molecule has 0 heterocycles. The van der Waals surface area contributed by atoms with Crippen molar-refractivity contribution >= 4 is 22.9 Å². The Labute approximate surface area is 92.9 Å². The van der Waals surface area contributed by atoms with Crippen molar-refractivity contribution in [3.8, 4) is 0 Å². The predicted molar refractivity (Wildman–Crippen MR) is 62.3 cm³/mol. The fourth-order valence-corrected chi connectivity index (χ4v) is 1.84. The maximum Gasteiger partial charge on any atom is 0.192 e. The molecule has 4 N–H and O–H groups in total. The van der Waals surface area contributed by atoms with Crippen LogP contribution in [0.15, 0.2) is 23.3 Å². The minimum absolute atomic E-state index is 0.211. The highest BCUT2D eigenvalue weighted by molar-refractivity contribution is 6.29. The summed E-state index contributed by atoms with van der Waals surface area (Å²) in [6.45, 7) is 3.25. The van der Waals surface area contributed by atoms with Gasteiger partial charge in [0.1, 0.15) is 0 Å². The van der Waals surface area contributed by atoms with Crippen molar-refractivity contribution in [3.05, 3.63) is 34.4 Å². The minimum atomic E-state index is -0.211. The Hall–Kier alpha value is -2.10.